The Labute approximate surface area is 233 Å². The highest BCUT2D eigenvalue weighted by Gasteiger charge is 2.54. The molecule has 1 aliphatic heterocycles. The molecule has 0 amide bonds. The van der Waals surface area contributed by atoms with Gasteiger partial charge in [0.05, 0.1) is 37.9 Å². The van der Waals surface area contributed by atoms with E-state index in [1.165, 1.54) is 24.1 Å². The lowest BCUT2D eigenvalue weighted by Crippen LogP contribution is -2.44. The van der Waals surface area contributed by atoms with Crippen LogP contribution in [0.25, 0.3) is 11.2 Å². The SMILES string of the molecule is CC(C)(CO)C(=O)SCCOP(=O)(Nc1ccccc1)OC[C@H]1O[C@@H](n2cnc3c(=O)[nH]cnc32)[C@@](C)(O)C1O. The number of aromatic amines is 1. The zero-order chi connectivity index (χ0) is 29.1. The summed E-state index contributed by atoms with van der Waals surface area (Å²) in [6.07, 6.45) is -1.39. The van der Waals surface area contributed by atoms with Gasteiger partial charge in [0.15, 0.2) is 22.5 Å². The molecular formula is C24H32N5O9PS. The first-order chi connectivity index (χ1) is 18.9. The molecule has 1 fully saturated rings. The molecule has 4 rings (SSSR count). The van der Waals surface area contributed by atoms with Crippen molar-refractivity contribution in [3.8, 4) is 0 Å². The monoisotopic (exact) mass is 597 g/mol. The maximum Gasteiger partial charge on any atom is 0.432 e. The molecule has 5 N–H and O–H groups in total. The first-order valence-corrected chi connectivity index (χ1v) is 14.9. The predicted octanol–water partition coefficient (Wildman–Crippen LogP) is 1.66. The Balaban J connectivity index is 1.46. The van der Waals surface area contributed by atoms with Gasteiger partial charge >= 0.3 is 7.75 Å². The topological polar surface area (TPSA) is 198 Å². The molecule has 3 aromatic rings. The van der Waals surface area contributed by atoms with Crippen molar-refractivity contribution in [2.75, 3.05) is 30.7 Å². The van der Waals surface area contributed by atoms with E-state index in [0.29, 0.717) is 5.69 Å². The van der Waals surface area contributed by atoms with Gasteiger partial charge in [-0.15, -0.1) is 0 Å². The Bertz CT molecular complexity index is 1430. The Kier molecular flexibility index (Phi) is 9.17. The van der Waals surface area contributed by atoms with Crippen LogP contribution in [0.2, 0.25) is 0 Å². The summed E-state index contributed by atoms with van der Waals surface area (Å²) in [4.78, 5) is 34.8. The standard InChI is InChI=1S/C24H32N5O9PS/c1-23(2,12-30)22(33)40-10-9-36-39(35,28-15-7-5-4-6-8-15)37-11-16-18(31)24(3,34)21(38-16)29-14-27-17-19(29)25-13-26-20(17)32/h4-8,13-14,16,18,21,30-31,34H,9-12H2,1-3H3,(H,28,35)(H,25,26,32)/t16-,18?,21-,24+,39?/m1/s1. The van der Waals surface area contributed by atoms with Gasteiger partial charge in [0.25, 0.3) is 5.56 Å². The molecule has 2 unspecified atom stereocenters. The van der Waals surface area contributed by atoms with Gasteiger partial charge < -0.3 is 25.0 Å². The van der Waals surface area contributed by atoms with E-state index in [0.717, 1.165) is 11.8 Å². The fourth-order valence-corrected chi connectivity index (χ4v) is 6.18. The van der Waals surface area contributed by atoms with E-state index in [9.17, 15) is 29.5 Å². The quantitative estimate of drug-likeness (QED) is 0.149. The minimum absolute atomic E-state index is 0.0276. The number of imidazole rings is 1. The van der Waals surface area contributed by atoms with E-state index in [1.807, 2.05) is 0 Å². The Morgan fingerprint density at radius 2 is 2.02 bits per heavy atom. The lowest BCUT2D eigenvalue weighted by molar-refractivity contribution is -0.119. The highest BCUT2D eigenvalue weighted by Crippen LogP contribution is 2.49. The van der Waals surface area contributed by atoms with Crippen LogP contribution >= 0.6 is 19.5 Å². The van der Waals surface area contributed by atoms with Crippen LogP contribution in [0.15, 0.2) is 47.8 Å². The molecule has 1 saturated heterocycles. The number of rotatable bonds is 12. The summed E-state index contributed by atoms with van der Waals surface area (Å²) in [5.74, 6) is 0.144. The molecule has 218 valence electrons. The average molecular weight is 598 g/mol. The van der Waals surface area contributed by atoms with Crippen molar-refractivity contribution in [3.05, 3.63) is 53.3 Å². The largest absolute Gasteiger partial charge is 0.432 e. The number of nitrogens with one attached hydrogen (secondary N) is 2. The number of nitrogens with zero attached hydrogens (tertiary/aromatic N) is 3. The van der Waals surface area contributed by atoms with Crippen LogP contribution in [0.1, 0.15) is 27.0 Å². The number of thioether (sulfide) groups is 1. The van der Waals surface area contributed by atoms with Gasteiger partial charge in [0.2, 0.25) is 0 Å². The second-order valence-corrected chi connectivity index (χ2v) is 12.8. The van der Waals surface area contributed by atoms with Crippen molar-refractivity contribution in [3.63, 3.8) is 0 Å². The van der Waals surface area contributed by atoms with Crippen LogP contribution in [-0.4, -0.2) is 83.3 Å². The molecule has 14 nitrogen and oxygen atoms in total. The summed E-state index contributed by atoms with van der Waals surface area (Å²) in [6.45, 7) is 3.68. The van der Waals surface area contributed by atoms with E-state index in [4.69, 9.17) is 13.8 Å². The molecule has 0 aliphatic carbocycles. The third kappa shape index (κ3) is 6.47. The fourth-order valence-electron chi connectivity index (χ4n) is 3.91. The van der Waals surface area contributed by atoms with Gasteiger partial charge in [0, 0.05) is 11.4 Å². The smallest absolute Gasteiger partial charge is 0.395 e. The molecule has 40 heavy (non-hydrogen) atoms. The Morgan fingerprint density at radius 1 is 1.30 bits per heavy atom. The molecule has 1 aliphatic rings. The maximum atomic E-state index is 13.7. The number of H-pyrrole nitrogens is 1. The van der Waals surface area contributed by atoms with Gasteiger partial charge in [-0.1, -0.05) is 30.0 Å². The number of aromatic nitrogens is 4. The molecule has 2 aromatic heterocycles. The van der Waals surface area contributed by atoms with Gasteiger partial charge in [-0.2, -0.15) is 0 Å². The number of carbonyl (C=O) groups is 1. The van der Waals surface area contributed by atoms with Crippen LogP contribution in [0.3, 0.4) is 0 Å². The first-order valence-electron chi connectivity index (χ1n) is 12.3. The molecule has 0 bridgehead atoms. The predicted molar refractivity (Wildman–Crippen MR) is 147 cm³/mol. The molecule has 0 spiro atoms. The summed E-state index contributed by atoms with van der Waals surface area (Å²) in [7, 11) is -4.07. The number of hydrogen-bond donors (Lipinski definition) is 5. The molecule has 3 heterocycles. The first kappa shape index (κ1) is 30.3. The van der Waals surface area contributed by atoms with E-state index in [-0.39, 0.29) is 35.2 Å². The van der Waals surface area contributed by atoms with Crippen molar-refractivity contribution >= 4 is 41.5 Å². The number of fused-ring (bicyclic) bond motifs is 1. The van der Waals surface area contributed by atoms with Crippen LogP contribution in [0, 0.1) is 5.41 Å². The second-order valence-electron chi connectivity index (χ2n) is 10.0. The molecular weight excluding hydrogens is 565 g/mol. The molecule has 0 saturated carbocycles. The summed E-state index contributed by atoms with van der Waals surface area (Å²) in [5.41, 5.74) is -2.67. The van der Waals surface area contributed by atoms with E-state index >= 15 is 0 Å². The summed E-state index contributed by atoms with van der Waals surface area (Å²) in [5, 5.41) is 33.9. The molecule has 1 aromatic carbocycles. The van der Waals surface area contributed by atoms with E-state index in [1.54, 1.807) is 44.2 Å². The van der Waals surface area contributed by atoms with Gasteiger partial charge in [0.1, 0.15) is 17.8 Å². The summed E-state index contributed by atoms with van der Waals surface area (Å²) in [6, 6.07) is 8.52. The number of benzene rings is 1. The average Bonchev–Trinajstić information content (AvgIpc) is 3.45. The van der Waals surface area contributed by atoms with Crippen molar-refractivity contribution in [2.45, 2.75) is 44.8 Å². The number of carbonyl (C=O) groups excluding carboxylic acids is 1. The number of anilines is 1. The number of aliphatic hydroxyl groups excluding tert-OH is 2. The van der Waals surface area contributed by atoms with Crippen LogP contribution in [-0.2, 0) is 23.1 Å². The normalized spacial score (nSPS) is 24.7. The van der Waals surface area contributed by atoms with Crippen LogP contribution in [0.5, 0.6) is 0 Å². The Morgan fingerprint density at radius 3 is 2.73 bits per heavy atom. The van der Waals surface area contributed by atoms with Crippen molar-refractivity contribution in [2.24, 2.45) is 5.41 Å². The summed E-state index contributed by atoms with van der Waals surface area (Å²) >= 11 is 0.934. The Hall–Kier alpha value is -2.62. The third-order valence-electron chi connectivity index (χ3n) is 6.35. The highest BCUT2D eigenvalue weighted by molar-refractivity contribution is 8.13. The van der Waals surface area contributed by atoms with Crippen LogP contribution in [0.4, 0.5) is 5.69 Å². The zero-order valence-corrected chi connectivity index (χ0v) is 23.8. The number of aliphatic hydroxyl groups is 3. The number of hydrogen-bond acceptors (Lipinski definition) is 12. The molecule has 5 atom stereocenters. The van der Waals surface area contributed by atoms with E-state index < -0.39 is 49.4 Å². The maximum absolute atomic E-state index is 13.7. The zero-order valence-electron chi connectivity index (χ0n) is 22.1. The minimum atomic E-state index is -4.07. The minimum Gasteiger partial charge on any atom is -0.395 e. The van der Waals surface area contributed by atoms with Gasteiger partial charge in [-0.25, -0.2) is 14.5 Å². The summed E-state index contributed by atoms with van der Waals surface area (Å²) < 4.78 is 32.1. The second kappa shape index (κ2) is 12.1. The van der Waals surface area contributed by atoms with Crippen LogP contribution < -0.4 is 10.6 Å². The fraction of sp³-hybridized carbons (Fsp3) is 0.500. The van der Waals surface area contributed by atoms with Crippen molar-refractivity contribution in [1.29, 1.82) is 0 Å². The lowest BCUT2D eigenvalue weighted by Gasteiger charge is -2.27. The number of para-hydroxylation sites is 1. The third-order valence-corrected chi connectivity index (χ3v) is 9.08. The van der Waals surface area contributed by atoms with Crippen molar-refractivity contribution in [1.82, 2.24) is 19.5 Å². The molecule has 0 radical (unpaired) electrons. The van der Waals surface area contributed by atoms with Gasteiger partial charge in [-0.3, -0.25) is 28.3 Å². The van der Waals surface area contributed by atoms with Gasteiger partial charge in [-0.05, 0) is 32.9 Å². The highest BCUT2D eigenvalue weighted by atomic mass is 32.2. The van der Waals surface area contributed by atoms with Crippen molar-refractivity contribution < 1.29 is 38.5 Å². The lowest BCUT2D eigenvalue weighted by atomic mass is 9.96. The number of ether oxygens (including phenoxy) is 1. The van der Waals surface area contributed by atoms with E-state index in [2.05, 4.69) is 20.0 Å². The molecule has 16 heteroatoms.